The van der Waals surface area contributed by atoms with Crippen molar-refractivity contribution < 1.29 is 24.2 Å². The predicted molar refractivity (Wildman–Crippen MR) is 195 cm³/mol. The van der Waals surface area contributed by atoms with Crippen LogP contribution < -0.4 is 20.1 Å². The number of nitrogen functional groups attached to an aromatic ring is 1. The van der Waals surface area contributed by atoms with Crippen LogP contribution in [0.5, 0.6) is 17.2 Å². The van der Waals surface area contributed by atoms with Crippen molar-refractivity contribution in [3.8, 4) is 17.2 Å². The summed E-state index contributed by atoms with van der Waals surface area (Å²) in [6, 6.07) is 26.2. The van der Waals surface area contributed by atoms with Crippen LogP contribution >= 0.6 is 11.6 Å². The fourth-order valence-corrected chi connectivity index (χ4v) is 7.77. The summed E-state index contributed by atoms with van der Waals surface area (Å²) in [7, 11) is 1.54. The molecule has 0 unspecified atom stereocenters. The van der Waals surface area contributed by atoms with E-state index in [-0.39, 0.29) is 42.6 Å². The molecular formula is C40H35ClN4O5. The van der Waals surface area contributed by atoms with E-state index in [0.29, 0.717) is 59.5 Å². The maximum atomic E-state index is 13.8. The molecule has 0 saturated carbocycles. The van der Waals surface area contributed by atoms with Crippen LogP contribution in [0.25, 0.3) is 10.8 Å². The van der Waals surface area contributed by atoms with Gasteiger partial charge in [-0.3, -0.25) is 14.6 Å². The highest BCUT2D eigenvalue weighted by atomic mass is 35.5. The second-order valence-electron chi connectivity index (χ2n) is 13.0. The first kappa shape index (κ1) is 31.7. The molecule has 0 fully saturated rings. The Bertz CT molecular complexity index is 2220. The molecule has 50 heavy (non-hydrogen) atoms. The van der Waals surface area contributed by atoms with Crippen molar-refractivity contribution in [1.82, 2.24) is 4.90 Å². The number of aromatic hydroxyl groups is 1. The zero-order valence-electron chi connectivity index (χ0n) is 27.4. The number of anilines is 2. The molecule has 0 spiro atoms. The molecule has 3 aliphatic heterocycles. The highest BCUT2D eigenvalue weighted by Gasteiger charge is 2.35. The van der Waals surface area contributed by atoms with Gasteiger partial charge in [0, 0.05) is 54.3 Å². The van der Waals surface area contributed by atoms with Crippen molar-refractivity contribution in [1.29, 1.82) is 0 Å². The number of hydrogen-bond donors (Lipinski definition) is 2. The Labute approximate surface area is 294 Å². The van der Waals surface area contributed by atoms with Crippen LogP contribution in [0.2, 0.25) is 0 Å². The van der Waals surface area contributed by atoms with Crippen LogP contribution in [-0.4, -0.2) is 53.6 Å². The van der Waals surface area contributed by atoms with Gasteiger partial charge >= 0.3 is 0 Å². The second kappa shape index (κ2) is 12.7. The summed E-state index contributed by atoms with van der Waals surface area (Å²) in [5.41, 5.74) is 13.3. The zero-order valence-corrected chi connectivity index (χ0v) is 28.2. The first-order valence-corrected chi connectivity index (χ1v) is 17.1. The third-order valence-corrected chi connectivity index (χ3v) is 10.3. The van der Waals surface area contributed by atoms with Gasteiger partial charge in [0.15, 0.2) is 11.5 Å². The van der Waals surface area contributed by atoms with E-state index < -0.39 is 0 Å². The lowest BCUT2D eigenvalue weighted by atomic mass is 9.94. The number of ether oxygens (including phenoxy) is 2. The molecule has 10 heteroatoms. The summed E-state index contributed by atoms with van der Waals surface area (Å²) in [5.74, 6) is 1.05. The summed E-state index contributed by atoms with van der Waals surface area (Å²) in [6.07, 6.45) is 2.65. The monoisotopic (exact) mass is 686 g/mol. The molecule has 0 bridgehead atoms. The van der Waals surface area contributed by atoms with Gasteiger partial charge in [0.1, 0.15) is 12.4 Å². The number of methoxy groups -OCH3 is 1. The van der Waals surface area contributed by atoms with E-state index in [1.165, 1.54) is 12.7 Å². The maximum absolute atomic E-state index is 13.8. The van der Waals surface area contributed by atoms with Crippen molar-refractivity contribution in [3.63, 3.8) is 0 Å². The van der Waals surface area contributed by atoms with Crippen LogP contribution in [-0.2, 0) is 30.8 Å². The predicted octanol–water partition coefficient (Wildman–Crippen LogP) is 6.91. The first-order valence-electron chi connectivity index (χ1n) is 16.6. The number of carbonyl (C=O) groups excluding carboxylic acids is 2. The molecule has 9 nitrogen and oxygen atoms in total. The molecule has 8 rings (SSSR count). The van der Waals surface area contributed by atoms with E-state index in [1.807, 2.05) is 53.6 Å². The molecule has 5 aromatic carbocycles. The first-order chi connectivity index (χ1) is 24.3. The highest BCUT2D eigenvalue weighted by molar-refractivity contribution is 6.19. The number of rotatable bonds is 7. The Morgan fingerprint density at radius 1 is 0.980 bits per heavy atom. The summed E-state index contributed by atoms with van der Waals surface area (Å²) in [6.45, 7) is 1.09. The van der Waals surface area contributed by atoms with Crippen molar-refractivity contribution in [2.24, 2.45) is 4.99 Å². The second-order valence-corrected chi connectivity index (χ2v) is 13.4. The topological polar surface area (TPSA) is 118 Å². The molecule has 0 radical (unpaired) electrons. The molecule has 0 saturated heterocycles. The number of fused-ring (bicyclic) bond motifs is 6. The summed E-state index contributed by atoms with van der Waals surface area (Å²) in [5, 5.41) is 12.4. The van der Waals surface area contributed by atoms with Crippen molar-refractivity contribution in [2.45, 2.75) is 38.0 Å². The van der Waals surface area contributed by atoms with Crippen LogP contribution in [0.3, 0.4) is 0 Å². The van der Waals surface area contributed by atoms with Gasteiger partial charge in [-0.25, -0.2) is 0 Å². The Morgan fingerprint density at radius 2 is 1.74 bits per heavy atom. The largest absolute Gasteiger partial charge is 0.507 e. The van der Waals surface area contributed by atoms with E-state index in [2.05, 4.69) is 12.1 Å². The Kier molecular flexibility index (Phi) is 8.07. The highest BCUT2D eigenvalue weighted by Crippen LogP contribution is 2.45. The molecule has 0 aromatic heterocycles. The van der Waals surface area contributed by atoms with Crippen LogP contribution in [0.15, 0.2) is 89.9 Å². The molecule has 0 aliphatic carbocycles. The third-order valence-electron chi connectivity index (χ3n) is 9.90. The minimum atomic E-state index is -0.145. The van der Waals surface area contributed by atoms with E-state index in [0.717, 1.165) is 33.0 Å². The average molecular weight is 687 g/mol. The summed E-state index contributed by atoms with van der Waals surface area (Å²) < 4.78 is 11.9. The lowest BCUT2D eigenvalue weighted by Crippen LogP contribution is -2.44. The molecule has 252 valence electrons. The normalized spacial score (nSPS) is 17.5. The number of nitrogens with zero attached hydrogens (tertiary/aromatic N) is 3. The number of halogens is 1. The SMILES string of the molecule is COc1cc2c(cc1OCc1cc(N)cc(CC(=O)N3C[C@@H](CCl)c4c3cc(O)c3ccccc43)c1)N=C[C@@H]1Cc3ccccc3CN1C2=O. The molecule has 3 aliphatic rings. The standard InChI is InChI=1S/C40H35ClN4O5/c1-49-36-15-32-33(43-19-29-14-25-6-2-3-7-26(25)20-44(29)40(32)48)16-37(36)50-22-24-10-23(11-28(42)12-24)13-38(47)45-21-27(18-41)39-31-9-5-4-8-30(31)35(46)17-34(39)45/h2-12,15-17,19,27,29,46H,13-14,18,20-22,42H2,1H3/t27-,29+/m1/s1. The Morgan fingerprint density at radius 3 is 2.54 bits per heavy atom. The van der Waals surface area contributed by atoms with E-state index in [9.17, 15) is 14.7 Å². The number of hydrogen-bond acceptors (Lipinski definition) is 7. The fraction of sp³-hybridized carbons (Fsp3) is 0.225. The summed E-state index contributed by atoms with van der Waals surface area (Å²) >= 11 is 6.39. The zero-order chi connectivity index (χ0) is 34.5. The smallest absolute Gasteiger partial charge is 0.257 e. The van der Waals surface area contributed by atoms with Crippen molar-refractivity contribution in [2.75, 3.05) is 30.2 Å². The van der Waals surface area contributed by atoms with E-state index in [4.69, 9.17) is 31.8 Å². The summed E-state index contributed by atoms with van der Waals surface area (Å²) in [4.78, 5) is 35.8. The molecule has 5 aromatic rings. The Balaban J connectivity index is 1.02. The number of amides is 2. The average Bonchev–Trinajstić information content (AvgIpc) is 3.45. The van der Waals surface area contributed by atoms with Crippen LogP contribution in [0.1, 0.15) is 44.1 Å². The van der Waals surface area contributed by atoms with Gasteiger partial charge in [-0.1, -0.05) is 54.6 Å². The quantitative estimate of drug-likeness (QED) is 0.142. The molecule has 3 heterocycles. The van der Waals surface area contributed by atoms with Crippen molar-refractivity contribution >= 4 is 57.5 Å². The number of alkyl halides is 1. The number of benzene rings is 5. The van der Waals surface area contributed by atoms with Crippen LogP contribution in [0.4, 0.5) is 17.1 Å². The molecule has 2 amide bonds. The van der Waals surface area contributed by atoms with Gasteiger partial charge in [-0.05, 0) is 57.8 Å². The number of carbonyl (C=O) groups is 2. The molecular weight excluding hydrogens is 652 g/mol. The number of phenolic OH excluding ortho intramolecular Hbond substituents is 1. The van der Waals surface area contributed by atoms with Gasteiger partial charge in [0.25, 0.3) is 5.91 Å². The number of aliphatic imine (C=N–C) groups is 1. The lowest BCUT2D eigenvalue weighted by molar-refractivity contribution is -0.117. The third kappa shape index (κ3) is 5.57. The van der Waals surface area contributed by atoms with Gasteiger partial charge in [-0.2, -0.15) is 0 Å². The van der Waals surface area contributed by atoms with E-state index in [1.54, 1.807) is 35.2 Å². The number of nitrogens with two attached hydrogens (primary N) is 1. The van der Waals surface area contributed by atoms with Gasteiger partial charge in [0.2, 0.25) is 5.91 Å². The molecule has 2 atom stereocenters. The minimum Gasteiger partial charge on any atom is -0.507 e. The molecule has 3 N–H and O–H groups in total. The van der Waals surface area contributed by atoms with Crippen molar-refractivity contribution in [3.05, 3.63) is 118 Å². The van der Waals surface area contributed by atoms with E-state index >= 15 is 0 Å². The number of phenols is 1. The minimum absolute atomic E-state index is 0.0565. The Hall–Kier alpha value is -5.54. The lowest BCUT2D eigenvalue weighted by Gasteiger charge is -2.34. The van der Waals surface area contributed by atoms with Crippen LogP contribution in [0, 0.1) is 0 Å². The van der Waals surface area contributed by atoms with Gasteiger partial charge in [-0.15, -0.1) is 11.6 Å². The van der Waals surface area contributed by atoms with Gasteiger partial charge in [0.05, 0.1) is 36.5 Å². The maximum Gasteiger partial charge on any atom is 0.257 e. The van der Waals surface area contributed by atoms with Gasteiger partial charge < -0.3 is 30.1 Å². The fourth-order valence-electron chi connectivity index (χ4n) is 7.52.